The molecule has 0 amide bonds. The maximum absolute atomic E-state index is 12.9. The lowest BCUT2D eigenvalue weighted by Crippen LogP contribution is -2.40. The van der Waals surface area contributed by atoms with Crippen molar-refractivity contribution >= 4 is 28.8 Å². The number of hydrogen-bond donors (Lipinski definition) is 1. The molecule has 3 aliphatic rings. The van der Waals surface area contributed by atoms with E-state index in [1.165, 1.54) is 25.0 Å². The molecule has 0 saturated heterocycles. The largest absolute Gasteiger partial charge is 0.507 e. The number of carbonyl (C=O) groups is 1. The normalized spacial score (nSPS) is 27.0. The Balaban J connectivity index is 1.54. The average molecular weight is 454 g/mol. The third-order valence-electron chi connectivity index (χ3n) is 7.44. The van der Waals surface area contributed by atoms with Crippen molar-refractivity contribution in [2.45, 2.75) is 51.0 Å². The number of hydrogen-bond acceptors (Lipinski definition) is 5. The van der Waals surface area contributed by atoms with Crippen LogP contribution in [0.3, 0.4) is 0 Å². The first-order chi connectivity index (χ1) is 15.3. The van der Waals surface area contributed by atoms with E-state index in [-0.39, 0.29) is 17.0 Å². The van der Waals surface area contributed by atoms with Crippen molar-refractivity contribution < 1.29 is 19.6 Å². The van der Waals surface area contributed by atoms with Crippen LogP contribution in [0.5, 0.6) is 0 Å². The van der Waals surface area contributed by atoms with Gasteiger partial charge in [0.15, 0.2) is 11.4 Å². The Hall–Kier alpha value is -2.86. The number of aryl methyl sites for hydroxylation is 1. The Morgan fingerprint density at radius 1 is 1.16 bits per heavy atom. The van der Waals surface area contributed by atoms with Gasteiger partial charge in [-0.2, -0.15) is 0 Å². The van der Waals surface area contributed by atoms with Crippen molar-refractivity contribution in [2.75, 3.05) is 0 Å². The third-order valence-corrected chi connectivity index (χ3v) is 7.75. The van der Waals surface area contributed by atoms with Crippen LogP contribution in [0.25, 0.3) is 16.7 Å². The van der Waals surface area contributed by atoms with Gasteiger partial charge in [-0.25, -0.2) is 4.79 Å². The van der Waals surface area contributed by atoms with Gasteiger partial charge in [-0.15, -0.1) is 0 Å². The van der Waals surface area contributed by atoms with Crippen molar-refractivity contribution in [3.8, 4) is 11.1 Å². The molecule has 7 heteroatoms. The van der Waals surface area contributed by atoms with Crippen LogP contribution in [0.2, 0.25) is 5.02 Å². The van der Waals surface area contributed by atoms with Crippen molar-refractivity contribution in [1.29, 1.82) is 0 Å². The molecule has 166 valence electrons. The van der Waals surface area contributed by atoms with Crippen LogP contribution < -0.4 is 0 Å². The van der Waals surface area contributed by atoms with E-state index in [0.29, 0.717) is 46.4 Å². The summed E-state index contributed by atoms with van der Waals surface area (Å²) < 4.78 is 5.85. The highest BCUT2D eigenvalue weighted by Gasteiger charge is 2.53. The highest BCUT2D eigenvalue weighted by Crippen LogP contribution is 2.53. The van der Waals surface area contributed by atoms with Gasteiger partial charge in [-0.1, -0.05) is 43.0 Å². The molecule has 1 spiro atoms. The van der Waals surface area contributed by atoms with Gasteiger partial charge in [0, 0.05) is 22.7 Å². The Labute approximate surface area is 191 Å². The summed E-state index contributed by atoms with van der Waals surface area (Å²) in [6.07, 6.45) is 5.82. The van der Waals surface area contributed by atoms with Gasteiger partial charge in [0.1, 0.15) is 5.57 Å². The predicted molar refractivity (Wildman–Crippen MR) is 121 cm³/mol. The van der Waals surface area contributed by atoms with Crippen LogP contribution in [0.1, 0.15) is 49.7 Å². The Bertz CT molecular complexity index is 1170. The highest BCUT2D eigenvalue weighted by atomic mass is 35.5. The molecule has 3 atom stereocenters. The number of carbonyl (C=O) groups excluding carboxylic acids is 1. The summed E-state index contributed by atoms with van der Waals surface area (Å²) in [5, 5.41) is 22.7. The van der Waals surface area contributed by atoms with E-state index in [2.05, 4.69) is 0 Å². The molecule has 0 radical (unpaired) electrons. The average Bonchev–Trinajstić information content (AvgIpc) is 3.32. The van der Waals surface area contributed by atoms with Crippen LogP contribution in [0.4, 0.5) is 5.69 Å². The molecule has 1 heterocycles. The van der Waals surface area contributed by atoms with Crippen LogP contribution in [-0.4, -0.2) is 21.6 Å². The fraction of sp³-hybridized carbons (Fsp3) is 0.400. The molecule has 1 N–H and O–H groups in total. The summed E-state index contributed by atoms with van der Waals surface area (Å²) in [5.74, 6) is 0.664. The van der Waals surface area contributed by atoms with Crippen LogP contribution >= 0.6 is 11.6 Å². The SMILES string of the molecule is Cc1cc(-c2cccc([N+](=O)[O-])c2)c(Cl)cc1C1=C(O)[C@]2(CC[C@@H]3CCC[C@@H]3C2)OC1=O. The van der Waals surface area contributed by atoms with E-state index in [0.717, 1.165) is 18.4 Å². The summed E-state index contributed by atoms with van der Waals surface area (Å²) in [6, 6.07) is 9.70. The number of nitro groups is 1. The Morgan fingerprint density at radius 3 is 2.72 bits per heavy atom. The zero-order chi connectivity index (χ0) is 22.6. The fourth-order valence-corrected chi connectivity index (χ4v) is 6.08. The van der Waals surface area contributed by atoms with E-state index < -0.39 is 16.5 Å². The minimum Gasteiger partial charge on any atom is -0.507 e. The quantitative estimate of drug-likeness (QED) is 0.330. The molecule has 2 fully saturated rings. The van der Waals surface area contributed by atoms with Crippen LogP contribution in [-0.2, 0) is 9.53 Å². The minimum atomic E-state index is -0.921. The smallest absolute Gasteiger partial charge is 0.343 e. The summed E-state index contributed by atoms with van der Waals surface area (Å²) in [4.78, 5) is 23.6. The number of benzene rings is 2. The van der Waals surface area contributed by atoms with Crippen LogP contribution in [0, 0.1) is 28.9 Å². The number of ether oxygens (including phenoxy) is 1. The van der Waals surface area contributed by atoms with Gasteiger partial charge >= 0.3 is 5.97 Å². The molecule has 2 aromatic carbocycles. The summed E-state index contributed by atoms with van der Waals surface area (Å²) in [7, 11) is 0. The van der Waals surface area contributed by atoms with Gasteiger partial charge in [0.2, 0.25) is 0 Å². The summed E-state index contributed by atoms with van der Waals surface area (Å²) >= 11 is 6.57. The summed E-state index contributed by atoms with van der Waals surface area (Å²) in [5.41, 5.74) is 1.76. The molecule has 6 nitrogen and oxygen atoms in total. The number of halogens is 1. The topological polar surface area (TPSA) is 89.7 Å². The second-order valence-electron chi connectivity index (χ2n) is 9.26. The minimum absolute atomic E-state index is 0.0233. The van der Waals surface area contributed by atoms with E-state index in [1.54, 1.807) is 24.3 Å². The standard InChI is InChI=1S/C25H24ClNO5/c1-14-10-20(16-5-3-7-18(11-16)27(30)31)21(26)12-19(14)22-23(28)25(32-24(22)29)9-8-15-4-2-6-17(15)13-25/h3,5,7,10-12,15,17,28H,2,4,6,8-9,13H2,1H3/t15-,17+,25+/m0/s1. The van der Waals surface area contributed by atoms with Gasteiger partial charge in [0.25, 0.3) is 5.69 Å². The van der Waals surface area contributed by atoms with Crippen molar-refractivity contribution in [3.05, 3.63) is 68.4 Å². The molecule has 0 bridgehead atoms. The van der Waals surface area contributed by atoms with E-state index in [9.17, 15) is 20.0 Å². The number of nitro benzene ring substituents is 1. The number of rotatable bonds is 3. The first-order valence-corrected chi connectivity index (χ1v) is 11.4. The maximum atomic E-state index is 12.9. The molecular weight excluding hydrogens is 430 g/mol. The van der Waals surface area contributed by atoms with Crippen molar-refractivity contribution in [2.24, 2.45) is 11.8 Å². The van der Waals surface area contributed by atoms with Gasteiger partial charge in [0.05, 0.1) is 4.92 Å². The Morgan fingerprint density at radius 2 is 1.94 bits per heavy atom. The lowest BCUT2D eigenvalue weighted by molar-refractivity contribution is -0.384. The summed E-state index contributed by atoms with van der Waals surface area (Å²) in [6.45, 7) is 1.83. The molecule has 1 aliphatic heterocycles. The number of aliphatic hydroxyl groups is 1. The molecule has 0 unspecified atom stereocenters. The molecule has 2 aliphatic carbocycles. The third kappa shape index (κ3) is 3.28. The maximum Gasteiger partial charge on any atom is 0.343 e. The van der Waals surface area contributed by atoms with Crippen molar-refractivity contribution in [3.63, 3.8) is 0 Å². The number of aliphatic hydroxyl groups excluding tert-OH is 1. The molecule has 2 aromatic rings. The van der Waals surface area contributed by atoms with E-state index in [4.69, 9.17) is 16.3 Å². The first kappa shape index (κ1) is 21.0. The van der Waals surface area contributed by atoms with E-state index in [1.807, 2.05) is 6.92 Å². The zero-order valence-electron chi connectivity index (χ0n) is 17.8. The second-order valence-corrected chi connectivity index (χ2v) is 9.66. The predicted octanol–water partition coefficient (Wildman–Crippen LogP) is 6.39. The zero-order valence-corrected chi connectivity index (χ0v) is 18.5. The molecular formula is C25H24ClNO5. The highest BCUT2D eigenvalue weighted by molar-refractivity contribution is 6.34. The lowest BCUT2D eigenvalue weighted by Gasteiger charge is -2.38. The number of esters is 1. The molecule has 32 heavy (non-hydrogen) atoms. The molecule has 0 aromatic heterocycles. The Kier molecular flexibility index (Phi) is 5.01. The lowest BCUT2D eigenvalue weighted by atomic mass is 9.72. The number of nitrogens with zero attached hydrogens (tertiary/aromatic N) is 1. The molecule has 2 saturated carbocycles. The number of fused-ring (bicyclic) bond motifs is 1. The number of non-ortho nitro benzene ring substituents is 1. The van der Waals surface area contributed by atoms with E-state index >= 15 is 0 Å². The van der Waals surface area contributed by atoms with Gasteiger partial charge < -0.3 is 9.84 Å². The monoisotopic (exact) mass is 453 g/mol. The fourth-order valence-electron chi connectivity index (χ4n) is 5.81. The molecule has 5 rings (SSSR count). The van der Waals surface area contributed by atoms with Crippen molar-refractivity contribution in [1.82, 2.24) is 0 Å². The van der Waals surface area contributed by atoms with Gasteiger partial charge in [-0.3, -0.25) is 10.1 Å². The first-order valence-electron chi connectivity index (χ1n) is 11.0. The second kappa shape index (κ2) is 7.62. The van der Waals surface area contributed by atoms with Gasteiger partial charge in [-0.05, 0) is 66.8 Å². The van der Waals surface area contributed by atoms with Crippen LogP contribution in [0.15, 0.2) is 42.2 Å².